The van der Waals surface area contributed by atoms with Crippen LogP contribution in [0.4, 0.5) is 0 Å². The van der Waals surface area contributed by atoms with Gasteiger partial charge >= 0.3 is 0 Å². The largest absolute Gasteiger partial charge is 0.463 e. The van der Waals surface area contributed by atoms with E-state index >= 15 is 0 Å². The summed E-state index contributed by atoms with van der Waals surface area (Å²) in [4.78, 5) is 12.7. The molecule has 0 aliphatic heterocycles. The lowest BCUT2D eigenvalue weighted by Gasteiger charge is -2.26. The van der Waals surface area contributed by atoms with Gasteiger partial charge in [0, 0.05) is 10.4 Å². The van der Waals surface area contributed by atoms with E-state index in [0.29, 0.717) is 10.8 Å². The summed E-state index contributed by atoms with van der Waals surface area (Å²) in [6, 6.07) is 6.80. The molecule has 0 aliphatic carbocycles. The second-order valence-corrected chi connectivity index (χ2v) is 5.56. The smallest absolute Gasteiger partial charge is 0.238 e. The van der Waals surface area contributed by atoms with Crippen LogP contribution in [0.1, 0.15) is 20.1 Å². The summed E-state index contributed by atoms with van der Waals surface area (Å²) in [6.45, 7) is 7.27. The minimum absolute atomic E-state index is 0.146. The van der Waals surface area contributed by atoms with Gasteiger partial charge in [-0.3, -0.25) is 9.36 Å². The van der Waals surface area contributed by atoms with Crippen LogP contribution in [-0.2, 0) is 4.79 Å². The quantitative estimate of drug-likeness (QED) is 0.768. The SMILES string of the molecule is C=CC(C)(C)C(=O)[C@@H](Oc1ccc(Cl)cc1)n1cnnc1. The molecule has 0 amide bonds. The van der Waals surface area contributed by atoms with Gasteiger partial charge in [-0.05, 0) is 38.1 Å². The standard InChI is InChI=1S/C15H16ClN3O2/c1-4-15(2,3)13(20)14(19-9-17-18-10-19)21-12-7-5-11(16)6-8-12/h4-10,14H,1H2,2-3H3/t14-/m1/s1. The number of hydrogen-bond acceptors (Lipinski definition) is 4. The topological polar surface area (TPSA) is 57.0 Å². The first kappa shape index (κ1) is 15.3. The Balaban J connectivity index is 2.31. The zero-order valence-electron chi connectivity index (χ0n) is 11.9. The van der Waals surface area contributed by atoms with Gasteiger partial charge in [-0.25, -0.2) is 0 Å². The first-order valence-corrected chi connectivity index (χ1v) is 6.76. The average molecular weight is 306 g/mol. The highest BCUT2D eigenvalue weighted by Gasteiger charge is 2.34. The molecule has 0 saturated heterocycles. The number of rotatable bonds is 6. The molecule has 6 heteroatoms. The van der Waals surface area contributed by atoms with Gasteiger partial charge in [0.15, 0.2) is 0 Å². The Morgan fingerprint density at radius 1 is 1.33 bits per heavy atom. The Labute approximate surface area is 128 Å². The summed E-state index contributed by atoms with van der Waals surface area (Å²) in [5.41, 5.74) is -0.735. The predicted molar refractivity (Wildman–Crippen MR) is 80.1 cm³/mol. The molecule has 21 heavy (non-hydrogen) atoms. The van der Waals surface area contributed by atoms with Gasteiger partial charge < -0.3 is 4.74 Å². The van der Waals surface area contributed by atoms with Gasteiger partial charge in [-0.2, -0.15) is 0 Å². The number of hydrogen-bond donors (Lipinski definition) is 0. The maximum Gasteiger partial charge on any atom is 0.238 e. The van der Waals surface area contributed by atoms with E-state index in [1.54, 1.807) is 44.2 Å². The van der Waals surface area contributed by atoms with E-state index in [0.717, 1.165) is 0 Å². The average Bonchev–Trinajstić information content (AvgIpc) is 3.00. The van der Waals surface area contributed by atoms with Crippen LogP contribution >= 0.6 is 11.6 Å². The van der Waals surface area contributed by atoms with Crippen molar-refractivity contribution < 1.29 is 9.53 Å². The molecular formula is C15H16ClN3O2. The molecule has 0 bridgehead atoms. The van der Waals surface area contributed by atoms with Crippen molar-refractivity contribution in [3.63, 3.8) is 0 Å². The summed E-state index contributed by atoms with van der Waals surface area (Å²) in [6.07, 6.45) is 3.61. The number of halogens is 1. The normalized spacial score (nSPS) is 12.7. The first-order valence-electron chi connectivity index (χ1n) is 6.38. The molecule has 2 rings (SSSR count). The van der Waals surface area contributed by atoms with Crippen LogP contribution in [0.2, 0.25) is 5.02 Å². The number of carbonyl (C=O) groups is 1. The van der Waals surface area contributed by atoms with Crippen LogP contribution in [-0.4, -0.2) is 20.5 Å². The Morgan fingerprint density at radius 2 is 1.90 bits per heavy atom. The second-order valence-electron chi connectivity index (χ2n) is 5.12. The fourth-order valence-electron chi connectivity index (χ4n) is 1.64. The number of Topliss-reactive ketones (excluding diaryl/α,β-unsaturated/α-hetero) is 1. The molecule has 0 saturated carbocycles. The van der Waals surface area contributed by atoms with E-state index in [-0.39, 0.29) is 5.78 Å². The van der Waals surface area contributed by atoms with Crippen LogP contribution in [0.5, 0.6) is 5.75 Å². The van der Waals surface area contributed by atoms with Crippen molar-refractivity contribution >= 4 is 17.4 Å². The minimum atomic E-state index is -0.867. The summed E-state index contributed by atoms with van der Waals surface area (Å²) in [5, 5.41) is 8.04. The molecule has 0 N–H and O–H groups in total. The second kappa shape index (κ2) is 6.10. The number of aromatic nitrogens is 3. The lowest BCUT2D eigenvalue weighted by molar-refractivity contribution is -0.136. The zero-order chi connectivity index (χ0) is 15.5. The predicted octanol–water partition coefficient (Wildman–Crippen LogP) is 3.29. The molecule has 0 radical (unpaired) electrons. The first-order chi connectivity index (χ1) is 9.94. The summed E-state index contributed by atoms with van der Waals surface area (Å²) < 4.78 is 7.31. The van der Waals surface area contributed by atoms with Gasteiger partial charge in [0.2, 0.25) is 12.0 Å². The van der Waals surface area contributed by atoms with Crippen molar-refractivity contribution in [3.05, 3.63) is 54.6 Å². The maximum absolute atomic E-state index is 12.7. The molecule has 1 atom stereocenters. The molecule has 0 aliphatic rings. The van der Waals surface area contributed by atoms with Crippen molar-refractivity contribution in [2.24, 2.45) is 5.41 Å². The third-order valence-corrected chi connectivity index (χ3v) is 3.39. The molecule has 0 spiro atoms. The zero-order valence-corrected chi connectivity index (χ0v) is 12.6. The molecule has 5 nitrogen and oxygen atoms in total. The molecule has 0 unspecified atom stereocenters. The van der Waals surface area contributed by atoms with Crippen LogP contribution in [0, 0.1) is 5.41 Å². The van der Waals surface area contributed by atoms with E-state index in [1.165, 1.54) is 17.2 Å². The summed E-state index contributed by atoms with van der Waals surface area (Å²) >= 11 is 5.84. The fourth-order valence-corrected chi connectivity index (χ4v) is 1.77. The number of nitrogens with zero attached hydrogens (tertiary/aromatic N) is 3. The number of allylic oxidation sites excluding steroid dienone is 1. The van der Waals surface area contributed by atoms with Crippen LogP contribution in [0.15, 0.2) is 49.6 Å². The van der Waals surface area contributed by atoms with Crippen molar-refractivity contribution in [1.29, 1.82) is 0 Å². The summed E-state index contributed by atoms with van der Waals surface area (Å²) in [5.74, 6) is 0.388. The highest BCUT2D eigenvalue weighted by molar-refractivity contribution is 6.30. The molecule has 110 valence electrons. The van der Waals surface area contributed by atoms with Gasteiger partial charge in [-0.15, -0.1) is 16.8 Å². The number of ether oxygens (including phenoxy) is 1. The highest BCUT2D eigenvalue weighted by atomic mass is 35.5. The molecule has 1 heterocycles. The lowest BCUT2D eigenvalue weighted by atomic mass is 9.87. The Morgan fingerprint density at radius 3 is 2.43 bits per heavy atom. The molecule has 1 aromatic carbocycles. The molecule has 0 fully saturated rings. The van der Waals surface area contributed by atoms with Crippen LogP contribution < -0.4 is 4.74 Å². The molecular weight excluding hydrogens is 290 g/mol. The maximum atomic E-state index is 12.7. The van der Waals surface area contributed by atoms with E-state index < -0.39 is 11.6 Å². The van der Waals surface area contributed by atoms with E-state index in [1.807, 2.05) is 0 Å². The third kappa shape index (κ3) is 3.49. The van der Waals surface area contributed by atoms with Crippen molar-refractivity contribution in [3.8, 4) is 5.75 Å². The Kier molecular flexibility index (Phi) is 4.43. The van der Waals surface area contributed by atoms with E-state index in [9.17, 15) is 4.79 Å². The number of carbonyl (C=O) groups excluding carboxylic acids is 1. The van der Waals surface area contributed by atoms with E-state index in [4.69, 9.17) is 16.3 Å². The van der Waals surface area contributed by atoms with Crippen LogP contribution in [0.3, 0.4) is 0 Å². The minimum Gasteiger partial charge on any atom is -0.463 e. The van der Waals surface area contributed by atoms with Gasteiger partial charge in [0.1, 0.15) is 18.4 Å². The van der Waals surface area contributed by atoms with Crippen molar-refractivity contribution in [2.45, 2.75) is 20.1 Å². The molecule has 1 aromatic heterocycles. The summed E-state index contributed by atoms with van der Waals surface area (Å²) in [7, 11) is 0. The number of benzene rings is 1. The van der Waals surface area contributed by atoms with Crippen molar-refractivity contribution in [2.75, 3.05) is 0 Å². The monoisotopic (exact) mass is 305 g/mol. The van der Waals surface area contributed by atoms with E-state index in [2.05, 4.69) is 16.8 Å². The Bertz CT molecular complexity index is 621. The van der Waals surface area contributed by atoms with Crippen molar-refractivity contribution in [1.82, 2.24) is 14.8 Å². The van der Waals surface area contributed by atoms with Crippen LogP contribution in [0.25, 0.3) is 0 Å². The Hall–Kier alpha value is -2.14. The molecule has 2 aromatic rings. The van der Waals surface area contributed by atoms with Gasteiger partial charge in [0.05, 0.1) is 0 Å². The third-order valence-electron chi connectivity index (χ3n) is 3.14. The lowest BCUT2D eigenvalue weighted by Crippen LogP contribution is -2.34. The van der Waals surface area contributed by atoms with Gasteiger partial charge in [0.25, 0.3) is 0 Å². The highest BCUT2D eigenvalue weighted by Crippen LogP contribution is 2.28. The fraction of sp³-hybridized carbons (Fsp3) is 0.267. The number of ketones is 1. The van der Waals surface area contributed by atoms with Gasteiger partial charge in [-0.1, -0.05) is 17.7 Å².